The van der Waals surface area contributed by atoms with Gasteiger partial charge in [0.05, 0.1) is 11.0 Å². The van der Waals surface area contributed by atoms with Crippen LogP contribution in [0.1, 0.15) is 0 Å². The number of fused-ring (bicyclic) bond motifs is 1. The van der Waals surface area contributed by atoms with Crippen molar-refractivity contribution < 1.29 is 9.34 Å². The Labute approximate surface area is 77.6 Å². The highest BCUT2D eigenvalue weighted by atomic mass is 16.6. The molecule has 1 heterocycles. The Morgan fingerprint density at radius 1 is 1.57 bits per heavy atom. The van der Waals surface area contributed by atoms with Crippen molar-refractivity contribution in [3.05, 3.63) is 28.3 Å². The van der Waals surface area contributed by atoms with Gasteiger partial charge in [0.2, 0.25) is 0 Å². The van der Waals surface area contributed by atoms with Gasteiger partial charge >= 0.3 is 6.01 Å². The first kappa shape index (κ1) is 8.45. The Morgan fingerprint density at radius 3 is 3.00 bits per heavy atom. The smallest absolute Gasteiger partial charge is 0.310 e. The molecule has 0 radical (unpaired) electrons. The molecule has 0 atom stereocenters. The van der Waals surface area contributed by atoms with Crippen molar-refractivity contribution in [1.82, 2.24) is 4.98 Å². The maximum atomic E-state index is 10.4. The van der Waals surface area contributed by atoms with E-state index >= 15 is 0 Å². The Bertz CT molecular complexity index is 493. The van der Waals surface area contributed by atoms with E-state index in [0.717, 1.165) is 0 Å². The number of nitrogens with one attached hydrogen (secondary N) is 1. The molecule has 14 heavy (non-hydrogen) atoms. The van der Waals surface area contributed by atoms with Crippen molar-refractivity contribution in [1.29, 1.82) is 0 Å². The standard InChI is InChI=1S/C7H6N4O3/c8-10-7-9-5-2-1-4(11(12)13)3-6(5)14-7/h1-3H,8H2,(H,9,10). The number of non-ortho nitro benzene ring substituents is 1. The summed E-state index contributed by atoms with van der Waals surface area (Å²) in [6, 6.07) is 4.27. The zero-order valence-electron chi connectivity index (χ0n) is 6.93. The summed E-state index contributed by atoms with van der Waals surface area (Å²) >= 11 is 0. The van der Waals surface area contributed by atoms with Gasteiger partial charge in [-0.3, -0.25) is 15.5 Å². The maximum Gasteiger partial charge on any atom is 0.310 e. The first-order chi connectivity index (χ1) is 6.70. The molecule has 0 amide bonds. The predicted molar refractivity (Wildman–Crippen MR) is 48.5 cm³/mol. The van der Waals surface area contributed by atoms with Gasteiger partial charge in [0.15, 0.2) is 5.58 Å². The lowest BCUT2D eigenvalue weighted by Gasteiger charge is -1.88. The number of nitro groups is 1. The van der Waals surface area contributed by atoms with Crippen LogP contribution in [0.5, 0.6) is 0 Å². The van der Waals surface area contributed by atoms with Crippen molar-refractivity contribution in [3.63, 3.8) is 0 Å². The van der Waals surface area contributed by atoms with E-state index in [-0.39, 0.29) is 11.7 Å². The van der Waals surface area contributed by atoms with Crippen LogP contribution < -0.4 is 11.3 Å². The minimum atomic E-state index is -0.502. The summed E-state index contributed by atoms with van der Waals surface area (Å²) in [7, 11) is 0. The second-order valence-corrected chi connectivity index (χ2v) is 2.57. The molecule has 0 fully saturated rings. The number of nitrogens with two attached hydrogens (primary N) is 1. The third-order valence-corrected chi connectivity index (χ3v) is 1.71. The first-order valence-electron chi connectivity index (χ1n) is 3.72. The molecule has 7 nitrogen and oxygen atoms in total. The summed E-state index contributed by atoms with van der Waals surface area (Å²) in [6.07, 6.45) is 0. The molecule has 0 aliphatic heterocycles. The number of nitro benzene ring substituents is 1. The minimum absolute atomic E-state index is 0.0442. The Morgan fingerprint density at radius 2 is 2.36 bits per heavy atom. The zero-order valence-corrected chi connectivity index (χ0v) is 6.93. The monoisotopic (exact) mass is 194 g/mol. The second-order valence-electron chi connectivity index (χ2n) is 2.57. The zero-order chi connectivity index (χ0) is 10.1. The van der Waals surface area contributed by atoms with E-state index in [1.165, 1.54) is 18.2 Å². The van der Waals surface area contributed by atoms with Crippen LogP contribution in [-0.2, 0) is 0 Å². The number of anilines is 1. The summed E-state index contributed by atoms with van der Waals surface area (Å²) in [4.78, 5) is 13.8. The van der Waals surface area contributed by atoms with E-state index in [2.05, 4.69) is 10.4 Å². The lowest BCUT2D eigenvalue weighted by molar-refractivity contribution is -0.384. The summed E-state index contributed by atoms with van der Waals surface area (Å²) < 4.78 is 5.06. The van der Waals surface area contributed by atoms with Gasteiger partial charge in [0, 0.05) is 6.07 Å². The Balaban J connectivity index is 2.59. The molecule has 72 valence electrons. The van der Waals surface area contributed by atoms with E-state index in [1.54, 1.807) is 0 Å². The number of nitrogens with zero attached hydrogens (tertiary/aromatic N) is 2. The fourth-order valence-electron chi connectivity index (χ4n) is 1.09. The highest BCUT2D eigenvalue weighted by Crippen LogP contribution is 2.22. The third kappa shape index (κ3) is 1.25. The summed E-state index contributed by atoms with van der Waals surface area (Å²) in [6.45, 7) is 0. The van der Waals surface area contributed by atoms with Crippen LogP contribution in [0.4, 0.5) is 11.7 Å². The quantitative estimate of drug-likeness (QED) is 0.419. The Hall–Kier alpha value is -2.15. The highest BCUT2D eigenvalue weighted by Gasteiger charge is 2.10. The van der Waals surface area contributed by atoms with Crippen molar-refractivity contribution in [2.24, 2.45) is 5.84 Å². The van der Waals surface area contributed by atoms with Crippen LogP contribution >= 0.6 is 0 Å². The predicted octanol–water partition coefficient (Wildman–Crippen LogP) is 1.02. The van der Waals surface area contributed by atoms with Gasteiger partial charge in [-0.15, -0.1) is 0 Å². The van der Waals surface area contributed by atoms with E-state index in [1.807, 2.05) is 0 Å². The van der Waals surface area contributed by atoms with E-state index in [9.17, 15) is 10.1 Å². The molecule has 2 aromatic rings. The minimum Gasteiger partial charge on any atom is -0.422 e. The van der Waals surface area contributed by atoms with Crippen molar-refractivity contribution in [3.8, 4) is 0 Å². The van der Waals surface area contributed by atoms with Gasteiger partial charge in [0.25, 0.3) is 5.69 Å². The molecule has 7 heteroatoms. The van der Waals surface area contributed by atoms with E-state index < -0.39 is 4.92 Å². The van der Waals surface area contributed by atoms with Crippen molar-refractivity contribution in [2.45, 2.75) is 0 Å². The number of benzene rings is 1. The molecule has 0 aliphatic carbocycles. The topological polar surface area (TPSA) is 107 Å². The van der Waals surface area contributed by atoms with Crippen LogP contribution in [0.15, 0.2) is 22.6 Å². The Kier molecular flexibility index (Phi) is 1.79. The van der Waals surface area contributed by atoms with Crippen molar-refractivity contribution >= 4 is 22.8 Å². The van der Waals surface area contributed by atoms with Gasteiger partial charge in [-0.2, -0.15) is 4.98 Å². The number of nitrogen functional groups attached to an aromatic ring is 1. The number of hydrazine groups is 1. The molecular weight excluding hydrogens is 188 g/mol. The largest absolute Gasteiger partial charge is 0.422 e. The average Bonchev–Trinajstić information content (AvgIpc) is 2.58. The molecular formula is C7H6N4O3. The number of hydrogen-bond donors (Lipinski definition) is 2. The molecule has 1 aromatic carbocycles. The lowest BCUT2D eigenvalue weighted by Crippen LogP contribution is -2.06. The molecule has 0 aliphatic rings. The van der Waals surface area contributed by atoms with Crippen LogP contribution in [-0.4, -0.2) is 9.91 Å². The molecule has 1 aromatic heterocycles. The third-order valence-electron chi connectivity index (χ3n) is 1.71. The molecule has 0 saturated carbocycles. The van der Waals surface area contributed by atoms with Gasteiger partial charge in [-0.1, -0.05) is 0 Å². The van der Waals surface area contributed by atoms with Gasteiger partial charge in [0.1, 0.15) is 5.52 Å². The summed E-state index contributed by atoms with van der Waals surface area (Å²) in [5.41, 5.74) is 3.02. The number of hydrogen-bond acceptors (Lipinski definition) is 6. The van der Waals surface area contributed by atoms with Crippen LogP contribution in [0, 0.1) is 10.1 Å². The maximum absolute atomic E-state index is 10.4. The van der Waals surface area contributed by atoms with Crippen LogP contribution in [0.2, 0.25) is 0 Å². The number of aromatic nitrogens is 1. The highest BCUT2D eigenvalue weighted by molar-refractivity contribution is 5.76. The SMILES string of the molecule is NNc1nc2ccc([N+](=O)[O-])cc2o1. The number of rotatable bonds is 2. The lowest BCUT2D eigenvalue weighted by atomic mass is 10.3. The fourth-order valence-corrected chi connectivity index (χ4v) is 1.09. The molecule has 0 bridgehead atoms. The molecule has 3 N–H and O–H groups in total. The average molecular weight is 194 g/mol. The summed E-state index contributed by atoms with van der Waals surface area (Å²) in [5, 5.41) is 10.4. The fraction of sp³-hybridized carbons (Fsp3) is 0. The molecule has 0 saturated heterocycles. The van der Waals surface area contributed by atoms with Crippen LogP contribution in [0.25, 0.3) is 11.1 Å². The van der Waals surface area contributed by atoms with E-state index in [0.29, 0.717) is 11.1 Å². The van der Waals surface area contributed by atoms with E-state index in [4.69, 9.17) is 10.3 Å². The van der Waals surface area contributed by atoms with Crippen LogP contribution in [0.3, 0.4) is 0 Å². The first-order valence-corrected chi connectivity index (χ1v) is 3.72. The van der Waals surface area contributed by atoms with Crippen molar-refractivity contribution in [2.75, 3.05) is 5.43 Å². The normalized spacial score (nSPS) is 10.4. The second kappa shape index (κ2) is 2.96. The summed E-state index contributed by atoms with van der Waals surface area (Å²) in [5.74, 6) is 5.07. The van der Waals surface area contributed by atoms with Gasteiger partial charge < -0.3 is 4.42 Å². The number of oxazole rings is 1. The van der Waals surface area contributed by atoms with Gasteiger partial charge in [-0.05, 0) is 6.07 Å². The van der Waals surface area contributed by atoms with Gasteiger partial charge in [-0.25, -0.2) is 5.84 Å². The molecule has 2 rings (SSSR count). The molecule has 0 spiro atoms. The molecule has 0 unspecified atom stereocenters.